The lowest BCUT2D eigenvalue weighted by molar-refractivity contribution is 0.319. The van der Waals surface area contributed by atoms with E-state index in [9.17, 15) is 4.39 Å². The van der Waals surface area contributed by atoms with E-state index in [2.05, 4.69) is 4.90 Å². The van der Waals surface area contributed by atoms with Crippen molar-refractivity contribution in [3.05, 3.63) is 70.0 Å². The second-order valence-electron chi connectivity index (χ2n) is 5.02. The Morgan fingerprint density at radius 3 is 2.67 bits per heavy atom. The zero-order valence-electron chi connectivity index (χ0n) is 11.7. The molecule has 0 amide bonds. The molecule has 110 valence electrons. The van der Waals surface area contributed by atoms with E-state index < -0.39 is 0 Å². The van der Waals surface area contributed by atoms with E-state index in [0.717, 1.165) is 11.1 Å². The van der Waals surface area contributed by atoms with Gasteiger partial charge in [-0.2, -0.15) is 0 Å². The molecule has 0 fully saturated rings. The Balaban J connectivity index is 2.12. The molecule has 5 heteroatoms. The van der Waals surface area contributed by atoms with E-state index in [1.807, 2.05) is 31.3 Å². The predicted octanol–water partition coefficient (Wildman–Crippen LogP) is 3.40. The summed E-state index contributed by atoms with van der Waals surface area (Å²) in [6.07, 6.45) is 0. The first-order chi connectivity index (χ1) is 9.95. The number of rotatable bonds is 5. The molecular weight excluding hydrogens is 289 g/mol. The summed E-state index contributed by atoms with van der Waals surface area (Å²) in [5.74, 6) is -0.512. The smallest absolute Gasteiger partial charge is 0.123 e. The van der Waals surface area contributed by atoms with Gasteiger partial charge in [0, 0.05) is 23.7 Å². The van der Waals surface area contributed by atoms with E-state index in [-0.39, 0.29) is 11.7 Å². The van der Waals surface area contributed by atoms with Gasteiger partial charge in [0.05, 0.1) is 0 Å². The highest BCUT2D eigenvalue weighted by molar-refractivity contribution is 6.30. The van der Waals surface area contributed by atoms with Gasteiger partial charge in [-0.15, -0.1) is 0 Å². The van der Waals surface area contributed by atoms with Gasteiger partial charge in [0.25, 0.3) is 0 Å². The maximum absolute atomic E-state index is 13.3. The van der Waals surface area contributed by atoms with Crippen LogP contribution in [0.5, 0.6) is 0 Å². The third-order valence-electron chi connectivity index (χ3n) is 3.14. The highest BCUT2D eigenvalue weighted by Crippen LogP contribution is 2.16. The van der Waals surface area contributed by atoms with Gasteiger partial charge < -0.3 is 5.73 Å². The lowest BCUT2D eigenvalue weighted by atomic mass is 10.1. The molecule has 0 unspecified atom stereocenters. The number of nitrogens with two attached hydrogens (primary N) is 1. The third kappa shape index (κ3) is 4.28. The van der Waals surface area contributed by atoms with E-state index in [4.69, 9.17) is 22.7 Å². The minimum absolute atomic E-state index is 0.124. The van der Waals surface area contributed by atoms with Crippen molar-refractivity contribution in [3.63, 3.8) is 0 Å². The summed E-state index contributed by atoms with van der Waals surface area (Å²) < 4.78 is 13.3. The number of nitrogens with zero attached hydrogens (tertiary/aromatic N) is 1. The monoisotopic (exact) mass is 305 g/mol. The predicted molar refractivity (Wildman–Crippen MR) is 84.0 cm³/mol. The maximum atomic E-state index is 13.3. The number of nitrogen functional groups attached to an aromatic ring is 1. The van der Waals surface area contributed by atoms with Gasteiger partial charge in [-0.05, 0) is 42.4 Å². The molecule has 0 heterocycles. The fourth-order valence-corrected chi connectivity index (χ4v) is 2.44. The number of hydrogen-bond acceptors (Lipinski definition) is 2. The second-order valence-corrected chi connectivity index (χ2v) is 5.45. The topological polar surface area (TPSA) is 53.1 Å². The van der Waals surface area contributed by atoms with Gasteiger partial charge in [-0.25, -0.2) is 4.39 Å². The van der Waals surface area contributed by atoms with E-state index in [0.29, 0.717) is 23.7 Å². The van der Waals surface area contributed by atoms with E-state index in [1.165, 1.54) is 12.1 Å². The minimum atomic E-state index is -0.388. The van der Waals surface area contributed by atoms with Gasteiger partial charge in [-0.3, -0.25) is 10.3 Å². The highest BCUT2D eigenvalue weighted by Gasteiger charge is 2.10. The molecule has 0 atom stereocenters. The van der Waals surface area contributed by atoms with Crippen LogP contribution in [0.1, 0.15) is 16.7 Å². The van der Waals surface area contributed by atoms with Crippen LogP contribution in [0.2, 0.25) is 5.02 Å². The molecule has 0 aromatic heterocycles. The van der Waals surface area contributed by atoms with Crippen LogP contribution >= 0.6 is 11.6 Å². The summed E-state index contributed by atoms with van der Waals surface area (Å²) in [5, 5.41) is 8.24. The van der Waals surface area contributed by atoms with Crippen LogP contribution in [0.4, 0.5) is 4.39 Å². The van der Waals surface area contributed by atoms with Crippen molar-refractivity contribution in [3.8, 4) is 0 Å². The Hall–Kier alpha value is -1.91. The first kappa shape index (κ1) is 15.5. The third-order valence-corrected chi connectivity index (χ3v) is 3.38. The van der Waals surface area contributed by atoms with E-state index >= 15 is 0 Å². The Labute approximate surface area is 128 Å². The summed E-state index contributed by atoms with van der Waals surface area (Å²) in [7, 11) is 1.95. The molecule has 2 aromatic rings. The number of hydrogen-bond donors (Lipinski definition) is 2. The summed E-state index contributed by atoms with van der Waals surface area (Å²) in [4.78, 5) is 2.06. The van der Waals surface area contributed by atoms with Crippen LogP contribution in [-0.4, -0.2) is 17.8 Å². The van der Waals surface area contributed by atoms with E-state index in [1.54, 1.807) is 6.07 Å². The number of nitrogens with one attached hydrogen (secondary N) is 1. The van der Waals surface area contributed by atoms with Crippen molar-refractivity contribution in [2.45, 2.75) is 13.1 Å². The molecular formula is C16H17ClFN3. The van der Waals surface area contributed by atoms with Crippen LogP contribution in [0.3, 0.4) is 0 Å². The van der Waals surface area contributed by atoms with Crippen molar-refractivity contribution >= 4 is 17.4 Å². The lowest BCUT2D eigenvalue weighted by Crippen LogP contribution is -2.21. The molecule has 0 aliphatic heterocycles. The summed E-state index contributed by atoms with van der Waals surface area (Å²) in [6.45, 7) is 1.27. The van der Waals surface area contributed by atoms with Gasteiger partial charge >= 0.3 is 0 Å². The Kier molecular flexibility index (Phi) is 4.94. The molecule has 3 N–H and O–H groups in total. The summed E-state index contributed by atoms with van der Waals surface area (Å²) in [6, 6.07) is 12.0. The van der Waals surface area contributed by atoms with Crippen LogP contribution in [0.15, 0.2) is 42.5 Å². The molecule has 0 radical (unpaired) electrons. The Morgan fingerprint density at radius 1 is 1.24 bits per heavy atom. The van der Waals surface area contributed by atoms with Crippen molar-refractivity contribution in [2.24, 2.45) is 5.73 Å². The molecule has 0 aliphatic rings. The van der Waals surface area contributed by atoms with Crippen molar-refractivity contribution in [1.29, 1.82) is 5.41 Å². The quantitative estimate of drug-likeness (QED) is 0.657. The molecule has 2 rings (SSSR count). The molecule has 0 aliphatic carbocycles. The molecule has 21 heavy (non-hydrogen) atoms. The minimum Gasteiger partial charge on any atom is -0.384 e. The largest absolute Gasteiger partial charge is 0.384 e. The molecule has 0 saturated heterocycles. The zero-order chi connectivity index (χ0) is 15.4. The van der Waals surface area contributed by atoms with Crippen LogP contribution in [0.25, 0.3) is 0 Å². The van der Waals surface area contributed by atoms with Crippen LogP contribution in [-0.2, 0) is 13.1 Å². The van der Waals surface area contributed by atoms with Crippen molar-refractivity contribution in [2.75, 3.05) is 7.05 Å². The highest BCUT2D eigenvalue weighted by atomic mass is 35.5. The Morgan fingerprint density at radius 2 is 2.00 bits per heavy atom. The second kappa shape index (κ2) is 6.70. The van der Waals surface area contributed by atoms with Crippen molar-refractivity contribution in [1.82, 2.24) is 4.90 Å². The van der Waals surface area contributed by atoms with Gasteiger partial charge in [0.1, 0.15) is 11.7 Å². The summed E-state index contributed by atoms with van der Waals surface area (Å²) >= 11 is 5.97. The first-order valence-corrected chi connectivity index (χ1v) is 6.89. The number of halogens is 2. The summed E-state index contributed by atoms with van der Waals surface area (Å²) in [5.41, 5.74) is 7.87. The molecule has 0 bridgehead atoms. The lowest BCUT2D eigenvalue weighted by Gasteiger charge is -2.19. The van der Waals surface area contributed by atoms with Crippen LogP contribution in [0, 0.1) is 11.2 Å². The van der Waals surface area contributed by atoms with Crippen molar-refractivity contribution < 1.29 is 4.39 Å². The van der Waals surface area contributed by atoms with Gasteiger partial charge in [0.2, 0.25) is 0 Å². The molecule has 0 spiro atoms. The zero-order valence-corrected chi connectivity index (χ0v) is 12.5. The first-order valence-electron chi connectivity index (χ1n) is 6.51. The molecule has 2 aromatic carbocycles. The molecule has 0 saturated carbocycles. The normalized spacial score (nSPS) is 10.9. The number of benzene rings is 2. The Bertz CT molecular complexity index is 658. The average Bonchev–Trinajstić information content (AvgIpc) is 2.40. The van der Waals surface area contributed by atoms with Crippen LogP contribution < -0.4 is 5.73 Å². The van der Waals surface area contributed by atoms with Gasteiger partial charge in [0.15, 0.2) is 0 Å². The maximum Gasteiger partial charge on any atom is 0.123 e. The SMILES string of the molecule is CN(Cc1cccc(Cl)c1)Cc1ccc(F)cc1C(=N)N. The molecule has 3 nitrogen and oxygen atoms in total. The number of amidine groups is 1. The van der Waals surface area contributed by atoms with Gasteiger partial charge in [-0.1, -0.05) is 29.8 Å². The standard InChI is InChI=1S/C16H17ClFN3/c1-21(9-11-3-2-4-13(17)7-11)10-12-5-6-14(18)8-15(12)16(19)20/h2-8H,9-10H2,1H3,(H3,19,20). The fraction of sp³-hybridized carbons (Fsp3) is 0.188. The average molecular weight is 306 g/mol. The fourth-order valence-electron chi connectivity index (χ4n) is 2.23.